The molecule has 3 rings (SSSR count). The molecule has 0 aliphatic carbocycles. The van der Waals surface area contributed by atoms with Gasteiger partial charge in [-0.05, 0) is 50.7 Å². The van der Waals surface area contributed by atoms with Crippen molar-refractivity contribution in [3.63, 3.8) is 0 Å². The maximum absolute atomic E-state index is 13.2. The van der Waals surface area contributed by atoms with Crippen LogP contribution in [0.3, 0.4) is 0 Å². The summed E-state index contributed by atoms with van der Waals surface area (Å²) in [7, 11) is 0. The van der Waals surface area contributed by atoms with E-state index in [-0.39, 0.29) is 30.0 Å². The SMILES string of the molecule is CC(=Cc1csc(C)n1)C1CC2OC2CCCC(C)C(O)C(C)C(=O)C(C)(C)C(O)CCO1. The van der Waals surface area contributed by atoms with Gasteiger partial charge in [-0.1, -0.05) is 34.1 Å². The molecule has 2 aliphatic rings. The Bertz CT molecular complexity index is 834. The molecule has 7 heteroatoms. The number of epoxide rings is 1. The Kier molecular flexibility index (Phi) is 8.89. The van der Waals surface area contributed by atoms with Crippen LogP contribution < -0.4 is 0 Å². The summed E-state index contributed by atoms with van der Waals surface area (Å²) in [5.41, 5.74) is 1.07. The van der Waals surface area contributed by atoms with Crippen molar-refractivity contribution in [1.82, 2.24) is 4.98 Å². The van der Waals surface area contributed by atoms with Crippen molar-refractivity contribution in [2.75, 3.05) is 6.61 Å². The van der Waals surface area contributed by atoms with Gasteiger partial charge < -0.3 is 19.7 Å². The Morgan fingerprint density at radius 3 is 2.61 bits per heavy atom. The molecule has 3 heterocycles. The summed E-state index contributed by atoms with van der Waals surface area (Å²) in [6, 6.07) is 0. The van der Waals surface area contributed by atoms with Gasteiger partial charge in [-0.2, -0.15) is 0 Å². The number of aromatic nitrogens is 1. The summed E-state index contributed by atoms with van der Waals surface area (Å²) in [6.07, 6.45) is 4.65. The van der Waals surface area contributed by atoms with Crippen LogP contribution in [0.25, 0.3) is 6.08 Å². The fraction of sp³-hybridized carbons (Fsp3) is 0.769. The second kappa shape index (κ2) is 11.1. The number of carbonyl (C=O) groups excluding carboxylic acids is 1. The first-order valence-corrected chi connectivity index (χ1v) is 13.2. The Morgan fingerprint density at radius 2 is 1.94 bits per heavy atom. The highest BCUT2D eigenvalue weighted by Crippen LogP contribution is 2.36. The molecule has 0 aromatic carbocycles. The van der Waals surface area contributed by atoms with Gasteiger partial charge in [-0.25, -0.2) is 4.98 Å². The Labute approximate surface area is 202 Å². The topological polar surface area (TPSA) is 92.2 Å². The lowest BCUT2D eigenvalue weighted by molar-refractivity contribution is -0.142. The number of aliphatic hydroxyl groups is 2. The van der Waals surface area contributed by atoms with Gasteiger partial charge in [0.2, 0.25) is 0 Å². The Morgan fingerprint density at radius 1 is 1.21 bits per heavy atom. The van der Waals surface area contributed by atoms with Crippen LogP contribution >= 0.6 is 11.3 Å². The van der Waals surface area contributed by atoms with Gasteiger partial charge in [-0.3, -0.25) is 4.79 Å². The number of aryl methyl sites for hydroxylation is 1. The molecule has 1 aromatic rings. The first-order chi connectivity index (χ1) is 15.5. The number of carbonyl (C=O) groups is 1. The van der Waals surface area contributed by atoms with E-state index in [0.29, 0.717) is 13.0 Å². The zero-order valence-corrected chi connectivity index (χ0v) is 21.7. The maximum Gasteiger partial charge on any atom is 0.146 e. The average Bonchev–Trinajstić information content (AvgIpc) is 3.38. The third-order valence-electron chi connectivity index (χ3n) is 7.49. The normalized spacial score (nSPS) is 36.9. The second-order valence-electron chi connectivity index (χ2n) is 10.6. The van der Waals surface area contributed by atoms with Crippen molar-refractivity contribution in [3.8, 4) is 0 Å². The first kappa shape index (κ1) is 26.5. The zero-order valence-electron chi connectivity index (χ0n) is 20.9. The van der Waals surface area contributed by atoms with E-state index in [0.717, 1.165) is 42.0 Å². The molecule has 1 aromatic heterocycles. The maximum atomic E-state index is 13.2. The lowest BCUT2D eigenvalue weighted by Crippen LogP contribution is -2.45. The molecule has 0 radical (unpaired) electrons. The molecule has 2 N–H and O–H groups in total. The second-order valence-corrected chi connectivity index (χ2v) is 11.6. The molecule has 7 unspecified atom stereocenters. The first-order valence-electron chi connectivity index (χ1n) is 12.3. The minimum Gasteiger partial charge on any atom is -0.392 e. The van der Waals surface area contributed by atoms with Crippen LogP contribution in [-0.2, 0) is 14.3 Å². The third-order valence-corrected chi connectivity index (χ3v) is 8.28. The summed E-state index contributed by atoms with van der Waals surface area (Å²) in [4.78, 5) is 17.7. The highest BCUT2D eigenvalue weighted by molar-refractivity contribution is 7.09. The van der Waals surface area contributed by atoms with E-state index in [1.54, 1.807) is 32.1 Å². The molecule has 33 heavy (non-hydrogen) atoms. The van der Waals surface area contributed by atoms with Crippen molar-refractivity contribution in [2.45, 2.75) is 104 Å². The average molecular weight is 480 g/mol. The van der Waals surface area contributed by atoms with E-state index in [1.165, 1.54) is 0 Å². The summed E-state index contributed by atoms with van der Waals surface area (Å²) < 4.78 is 12.2. The van der Waals surface area contributed by atoms with Crippen molar-refractivity contribution in [1.29, 1.82) is 0 Å². The van der Waals surface area contributed by atoms with Gasteiger partial charge in [0, 0.05) is 29.7 Å². The molecule has 186 valence electrons. The number of fused-ring (bicyclic) bond motifs is 1. The van der Waals surface area contributed by atoms with Crippen LogP contribution in [0, 0.1) is 24.2 Å². The summed E-state index contributed by atoms with van der Waals surface area (Å²) in [5.74, 6) is -0.605. The summed E-state index contributed by atoms with van der Waals surface area (Å²) >= 11 is 1.63. The van der Waals surface area contributed by atoms with Crippen LogP contribution in [-0.4, -0.2) is 58.1 Å². The number of ether oxygens (including phenoxy) is 2. The predicted molar refractivity (Wildman–Crippen MR) is 131 cm³/mol. The molecule has 0 saturated carbocycles. The van der Waals surface area contributed by atoms with E-state index in [1.807, 2.05) is 19.2 Å². The minimum absolute atomic E-state index is 0.0184. The molecule has 2 saturated heterocycles. The fourth-order valence-corrected chi connectivity index (χ4v) is 5.47. The minimum atomic E-state index is -0.955. The standard InChI is InChI=1S/C26H41NO5S/c1-15-8-7-9-20-22(32-20)13-21(16(2)12-19-14-33-18(4)27-19)31-11-10-23(28)26(5,6)25(30)17(3)24(15)29/h12,14-15,17,20-24,28-29H,7-11,13H2,1-6H3. The van der Waals surface area contributed by atoms with Crippen LogP contribution in [0.2, 0.25) is 0 Å². The summed E-state index contributed by atoms with van der Waals surface area (Å²) in [5, 5.41) is 24.7. The number of nitrogens with zero attached hydrogens (tertiary/aromatic N) is 1. The van der Waals surface area contributed by atoms with E-state index < -0.39 is 23.5 Å². The van der Waals surface area contributed by atoms with Crippen LogP contribution in [0.4, 0.5) is 0 Å². The third kappa shape index (κ3) is 6.73. The van der Waals surface area contributed by atoms with Gasteiger partial charge in [-0.15, -0.1) is 11.3 Å². The molecule has 0 spiro atoms. The number of Topliss-reactive ketones (excluding diaryl/α,β-unsaturated/α-hetero) is 1. The number of aliphatic hydroxyl groups excluding tert-OH is 2. The van der Waals surface area contributed by atoms with Crippen LogP contribution in [0.1, 0.15) is 77.4 Å². The van der Waals surface area contributed by atoms with Crippen molar-refractivity contribution in [3.05, 3.63) is 21.7 Å². The molecular formula is C26H41NO5S. The van der Waals surface area contributed by atoms with Crippen LogP contribution in [0.5, 0.6) is 0 Å². The van der Waals surface area contributed by atoms with Crippen LogP contribution in [0.15, 0.2) is 11.0 Å². The summed E-state index contributed by atoms with van der Waals surface area (Å²) in [6.45, 7) is 11.7. The number of hydrogen-bond donors (Lipinski definition) is 2. The lowest BCUT2D eigenvalue weighted by atomic mass is 9.73. The predicted octanol–water partition coefficient (Wildman–Crippen LogP) is 4.56. The molecular weight excluding hydrogens is 438 g/mol. The fourth-order valence-electron chi connectivity index (χ4n) is 4.90. The molecule has 0 bridgehead atoms. The number of thiazole rings is 1. The monoisotopic (exact) mass is 479 g/mol. The quantitative estimate of drug-likeness (QED) is 0.604. The highest BCUT2D eigenvalue weighted by Gasteiger charge is 2.43. The van der Waals surface area contributed by atoms with E-state index in [4.69, 9.17) is 9.47 Å². The van der Waals surface area contributed by atoms with Gasteiger partial charge in [0.15, 0.2) is 0 Å². The van der Waals surface area contributed by atoms with E-state index in [2.05, 4.69) is 18.0 Å². The Balaban J connectivity index is 1.75. The molecule has 7 atom stereocenters. The molecule has 6 nitrogen and oxygen atoms in total. The number of hydrogen-bond acceptors (Lipinski definition) is 7. The van der Waals surface area contributed by atoms with Crippen molar-refractivity contribution in [2.24, 2.45) is 17.3 Å². The molecule has 2 fully saturated rings. The van der Waals surface area contributed by atoms with Gasteiger partial charge >= 0.3 is 0 Å². The zero-order chi connectivity index (χ0) is 24.3. The highest BCUT2D eigenvalue weighted by atomic mass is 32.1. The largest absolute Gasteiger partial charge is 0.392 e. The van der Waals surface area contributed by atoms with Gasteiger partial charge in [0.1, 0.15) is 5.78 Å². The molecule has 2 aliphatic heterocycles. The van der Waals surface area contributed by atoms with Gasteiger partial charge in [0.05, 0.1) is 41.2 Å². The van der Waals surface area contributed by atoms with Crippen molar-refractivity contribution >= 4 is 23.2 Å². The van der Waals surface area contributed by atoms with Gasteiger partial charge in [0.25, 0.3) is 0 Å². The van der Waals surface area contributed by atoms with E-state index >= 15 is 0 Å². The molecule has 0 amide bonds. The van der Waals surface area contributed by atoms with Crippen molar-refractivity contribution < 1.29 is 24.5 Å². The van der Waals surface area contributed by atoms with E-state index in [9.17, 15) is 15.0 Å². The Hall–Kier alpha value is -1.12. The number of ketones is 1. The number of rotatable bonds is 2. The smallest absolute Gasteiger partial charge is 0.146 e. The lowest BCUT2D eigenvalue weighted by Gasteiger charge is -2.35.